The average Bonchev–Trinajstić information content (AvgIpc) is 3.10. The second kappa shape index (κ2) is 7.21. The van der Waals surface area contributed by atoms with Crippen LogP contribution in [0.5, 0.6) is 0 Å². The first-order valence-electron chi connectivity index (χ1n) is 8.56. The SMILES string of the molecule is CN1CCN(S(=O)(=O)c2ccc(NC(=O)C3CCCC3)cc2)CC1. The van der Waals surface area contributed by atoms with Gasteiger partial charge in [0.25, 0.3) is 0 Å². The smallest absolute Gasteiger partial charge is 0.243 e. The van der Waals surface area contributed by atoms with Crippen molar-refractivity contribution in [1.29, 1.82) is 0 Å². The highest BCUT2D eigenvalue weighted by Gasteiger charge is 2.27. The molecular weight excluding hydrogens is 326 g/mol. The molecule has 0 aromatic heterocycles. The van der Waals surface area contributed by atoms with E-state index in [0.29, 0.717) is 18.8 Å². The molecule has 1 aliphatic carbocycles. The molecule has 1 heterocycles. The van der Waals surface area contributed by atoms with Gasteiger partial charge in [-0.1, -0.05) is 12.8 Å². The molecule has 0 bridgehead atoms. The van der Waals surface area contributed by atoms with Gasteiger partial charge in [-0.2, -0.15) is 4.31 Å². The standard InChI is InChI=1S/C17H25N3O3S/c1-19-10-12-20(13-11-19)24(22,23)16-8-6-15(7-9-16)18-17(21)14-4-2-3-5-14/h6-9,14H,2-5,10-13H2,1H3,(H,18,21). The summed E-state index contributed by atoms with van der Waals surface area (Å²) in [4.78, 5) is 14.5. The minimum absolute atomic E-state index is 0.0437. The number of hydrogen-bond donors (Lipinski definition) is 1. The minimum atomic E-state index is -3.45. The van der Waals surface area contributed by atoms with Gasteiger partial charge < -0.3 is 10.2 Å². The van der Waals surface area contributed by atoms with Crippen LogP contribution in [0.15, 0.2) is 29.2 Å². The monoisotopic (exact) mass is 351 g/mol. The van der Waals surface area contributed by atoms with E-state index in [1.54, 1.807) is 24.3 Å². The summed E-state index contributed by atoms with van der Waals surface area (Å²) in [5.74, 6) is 0.140. The first kappa shape index (κ1) is 17.4. The molecule has 6 nitrogen and oxygen atoms in total. The lowest BCUT2D eigenvalue weighted by atomic mass is 10.1. The molecule has 0 spiro atoms. The number of rotatable bonds is 4. The fourth-order valence-corrected chi connectivity index (χ4v) is 4.74. The number of nitrogens with zero attached hydrogens (tertiary/aromatic N) is 2. The molecule has 2 fully saturated rings. The minimum Gasteiger partial charge on any atom is -0.326 e. The summed E-state index contributed by atoms with van der Waals surface area (Å²) in [5.41, 5.74) is 0.657. The van der Waals surface area contributed by atoms with Crippen LogP contribution < -0.4 is 5.32 Å². The van der Waals surface area contributed by atoms with Crippen LogP contribution in [0, 0.1) is 5.92 Å². The lowest BCUT2D eigenvalue weighted by molar-refractivity contribution is -0.119. The Morgan fingerprint density at radius 2 is 1.62 bits per heavy atom. The van der Waals surface area contributed by atoms with Crippen molar-refractivity contribution in [3.63, 3.8) is 0 Å². The fraction of sp³-hybridized carbons (Fsp3) is 0.588. The molecule has 1 aliphatic heterocycles. The molecule has 1 saturated carbocycles. The third kappa shape index (κ3) is 3.79. The van der Waals surface area contributed by atoms with Gasteiger partial charge in [-0.25, -0.2) is 8.42 Å². The zero-order chi connectivity index (χ0) is 17.2. The predicted octanol–water partition coefficient (Wildman–Crippen LogP) is 1.75. The highest BCUT2D eigenvalue weighted by Crippen LogP contribution is 2.26. The van der Waals surface area contributed by atoms with Crippen LogP contribution in [0.3, 0.4) is 0 Å². The lowest BCUT2D eigenvalue weighted by Gasteiger charge is -2.31. The van der Waals surface area contributed by atoms with Crippen molar-refractivity contribution in [1.82, 2.24) is 9.21 Å². The zero-order valence-electron chi connectivity index (χ0n) is 14.1. The molecule has 1 aromatic rings. The summed E-state index contributed by atoms with van der Waals surface area (Å²) in [5, 5.41) is 2.89. The molecule has 0 unspecified atom stereocenters. The molecule has 24 heavy (non-hydrogen) atoms. The zero-order valence-corrected chi connectivity index (χ0v) is 14.9. The fourth-order valence-electron chi connectivity index (χ4n) is 3.32. The number of carbonyl (C=O) groups is 1. The number of nitrogens with one attached hydrogen (secondary N) is 1. The summed E-state index contributed by atoms with van der Waals surface area (Å²) in [7, 11) is -1.46. The Balaban J connectivity index is 1.66. The first-order valence-corrected chi connectivity index (χ1v) is 10.0. The van der Waals surface area contributed by atoms with Gasteiger partial charge in [0.05, 0.1) is 4.90 Å². The van der Waals surface area contributed by atoms with E-state index < -0.39 is 10.0 Å². The molecule has 3 rings (SSSR count). The van der Waals surface area contributed by atoms with Crippen LogP contribution in [0.4, 0.5) is 5.69 Å². The molecule has 7 heteroatoms. The normalized spacial score (nSPS) is 21.0. The number of sulfonamides is 1. The van der Waals surface area contributed by atoms with E-state index in [4.69, 9.17) is 0 Å². The maximum absolute atomic E-state index is 12.7. The van der Waals surface area contributed by atoms with Gasteiger partial charge in [-0.15, -0.1) is 0 Å². The molecule has 1 N–H and O–H groups in total. The van der Waals surface area contributed by atoms with Gasteiger partial charge in [0.15, 0.2) is 0 Å². The summed E-state index contributed by atoms with van der Waals surface area (Å²) in [6, 6.07) is 6.52. The maximum atomic E-state index is 12.7. The van der Waals surface area contributed by atoms with E-state index >= 15 is 0 Å². The molecule has 1 saturated heterocycles. The van der Waals surface area contributed by atoms with Gasteiger partial charge in [0, 0.05) is 37.8 Å². The van der Waals surface area contributed by atoms with Gasteiger partial charge in [0.1, 0.15) is 0 Å². The third-order valence-electron chi connectivity index (χ3n) is 4.95. The van der Waals surface area contributed by atoms with Crippen molar-refractivity contribution >= 4 is 21.6 Å². The van der Waals surface area contributed by atoms with Crippen LogP contribution in [0.2, 0.25) is 0 Å². The number of likely N-dealkylation sites (N-methyl/N-ethyl adjacent to an activating group) is 1. The van der Waals surface area contributed by atoms with E-state index in [2.05, 4.69) is 10.2 Å². The number of hydrogen-bond acceptors (Lipinski definition) is 4. The number of amides is 1. The highest BCUT2D eigenvalue weighted by molar-refractivity contribution is 7.89. The summed E-state index contributed by atoms with van der Waals surface area (Å²) in [6.07, 6.45) is 4.12. The number of piperazine rings is 1. The van der Waals surface area contributed by atoms with Crippen LogP contribution in [-0.2, 0) is 14.8 Å². The molecule has 0 atom stereocenters. The Bertz CT molecular complexity index is 674. The Morgan fingerprint density at radius 3 is 2.21 bits per heavy atom. The topological polar surface area (TPSA) is 69.7 Å². The van der Waals surface area contributed by atoms with Crippen molar-refractivity contribution < 1.29 is 13.2 Å². The number of carbonyl (C=O) groups excluding carboxylic acids is 1. The van der Waals surface area contributed by atoms with Gasteiger partial charge >= 0.3 is 0 Å². The molecule has 2 aliphatic rings. The molecule has 1 aromatic carbocycles. The van der Waals surface area contributed by atoms with Crippen molar-refractivity contribution in [3.05, 3.63) is 24.3 Å². The van der Waals surface area contributed by atoms with Crippen molar-refractivity contribution in [2.45, 2.75) is 30.6 Å². The Labute approximate surface area is 143 Å². The number of benzene rings is 1. The van der Waals surface area contributed by atoms with Crippen molar-refractivity contribution in [2.24, 2.45) is 5.92 Å². The third-order valence-corrected chi connectivity index (χ3v) is 6.86. The van der Waals surface area contributed by atoms with E-state index in [1.165, 1.54) is 4.31 Å². The Morgan fingerprint density at radius 1 is 1.04 bits per heavy atom. The Kier molecular flexibility index (Phi) is 5.22. The van der Waals surface area contributed by atoms with Crippen molar-refractivity contribution in [3.8, 4) is 0 Å². The summed E-state index contributed by atoms with van der Waals surface area (Å²) < 4.78 is 26.8. The van der Waals surface area contributed by atoms with Gasteiger partial charge in [0.2, 0.25) is 15.9 Å². The van der Waals surface area contributed by atoms with Crippen LogP contribution >= 0.6 is 0 Å². The van der Waals surface area contributed by atoms with Gasteiger partial charge in [-0.05, 0) is 44.2 Å². The van der Waals surface area contributed by atoms with Crippen molar-refractivity contribution in [2.75, 3.05) is 38.5 Å². The molecule has 1 amide bonds. The second-order valence-corrected chi connectivity index (χ2v) is 8.64. The molecule has 0 radical (unpaired) electrons. The van der Waals surface area contributed by atoms with Crippen LogP contribution in [0.1, 0.15) is 25.7 Å². The predicted molar refractivity (Wildman–Crippen MR) is 93.3 cm³/mol. The maximum Gasteiger partial charge on any atom is 0.243 e. The van der Waals surface area contributed by atoms with E-state index in [9.17, 15) is 13.2 Å². The average molecular weight is 351 g/mol. The first-order chi connectivity index (χ1) is 11.5. The van der Waals surface area contributed by atoms with Crippen LogP contribution in [0.25, 0.3) is 0 Å². The lowest BCUT2D eigenvalue weighted by Crippen LogP contribution is -2.46. The van der Waals surface area contributed by atoms with E-state index in [1.807, 2.05) is 7.05 Å². The van der Waals surface area contributed by atoms with E-state index in [0.717, 1.165) is 38.8 Å². The Hall–Kier alpha value is -1.44. The quantitative estimate of drug-likeness (QED) is 0.897. The summed E-state index contributed by atoms with van der Waals surface area (Å²) >= 11 is 0. The number of anilines is 1. The van der Waals surface area contributed by atoms with E-state index in [-0.39, 0.29) is 16.7 Å². The van der Waals surface area contributed by atoms with Gasteiger partial charge in [-0.3, -0.25) is 4.79 Å². The highest BCUT2D eigenvalue weighted by atomic mass is 32.2. The molecule has 132 valence electrons. The van der Waals surface area contributed by atoms with Crippen LogP contribution in [-0.4, -0.2) is 56.8 Å². The summed E-state index contributed by atoms with van der Waals surface area (Å²) in [6.45, 7) is 2.52. The second-order valence-electron chi connectivity index (χ2n) is 6.70. The largest absolute Gasteiger partial charge is 0.326 e. The molecular formula is C17H25N3O3S.